The standard InChI is InChI=1S/C26H36O2/c1-3-19(2)21-13-14-23-18-25(16-15-22(23)17-21)28-26(20-9-7-8-10-20)27-24-11-5-4-6-12-24/h13-20,24,26H,3-12H2,1-2H3. The molecule has 0 aliphatic heterocycles. The lowest BCUT2D eigenvalue weighted by Gasteiger charge is -2.31. The Morgan fingerprint density at radius 3 is 2.29 bits per heavy atom. The SMILES string of the molecule is CCC(C)c1ccc2cc(OC(OC3CCCCC3)C3CCCC3)ccc2c1. The molecule has 0 aromatic heterocycles. The van der Waals surface area contributed by atoms with Gasteiger partial charge in [-0.2, -0.15) is 0 Å². The molecule has 2 fully saturated rings. The highest BCUT2D eigenvalue weighted by Crippen LogP contribution is 2.34. The van der Waals surface area contributed by atoms with E-state index in [-0.39, 0.29) is 6.29 Å². The molecule has 0 radical (unpaired) electrons. The van der Waals surface area contributed by atoms with Gasteiger partial charge in [0.1, 0.15) is 5.75 Å². The lowest BCUT2D eigenvalue weighted by Crippen LogP contribution is -2.34. The summed E-state index contributed by atoms with van der Waals surface area (Å²) in [6.45, 7) is 4.55. The monoisotopic (exact) mass is 380 g/mol. The van der Waals surface area contributed by atoms with Crippen molar-refractivity contribution < 1.29 is 9.47 Å². The van der Waals surface area contributed by atoms with Crippen LogP contribution < -0.4 is 4.74 Å². The van der Waals surface area contributed by atoms with Crippen LogP contribution >= 0.6 is 0 Å². The number of ether oxygens (including phenoxy) is 2. The number of rotatable bonds is 7. The molecule has 2 aromatic carbocycles. The summed E-state index contributed by atoms with van der Waals surface area (Å²) in [5.74, 6) is 2.11. The van der Waals surface area contributed by atoms with Crippen molar-refractivity contribution in [3.8, 4) is 5.75 Å². The summed E-state index contributed by atoms with van der Waals surface area (Å²) in [5, 5.41) is 2.56. The number of fused-ring (bicyclic) bond motifs is 1. The minimum absolute atomic E-state index is 0.0811. The average molecular weight is 381 g/mol. The Labute approximate surface area is 170 Å². The van der Waals surface area contributed by atoms with E-state index in [0.717, 1.165) is 5.75 Å². The molecule has 152 valence electrons. The van der Waals surface area contributed by atoms with E-state index >= 15 is 0 Å². The van der Waals surface area contributed by atoms with Crippen molar-refractivity contribution in [2.75, 3.05) is 0 Å². The highest BCUT2D eigenvalue weighted by molar-refractivity contribution is 5.84. The summed E-state index contributed by atoms with van der Waals surface area (Å²) in [7, 11) is 0. The van der Waals surface area contributed by atoms with Crippen molar-refractivity contribution >= 4 is 10.8 Å². The summed E-state index contributed by atoms with van der Waals surface area (Å²) < 4.78 is 13.0. The molecule has 0 spiro atoms. The first-order chi connectivity index (χ1) is 13.7. The van der Waals surface area contributed by atoms with Crippen LogP contribution in [0.3, 0.4) is 0 Å². The third-order valence-electron chi connectivity index (χ3n) is 6.93. The second-order valence-electron chi connectivity index (χ2n) is 9.00. The molecular formula is C26H36O2. The molecule has 0 amide bonds. The molecule has 28 heavy (non-hydrogen) atoms. The van der Waals surface area contributed by atoms with Crippen LogP contribution in [0.4, 0.5) is 0 Å². The molecule has 2 aliphatic rings. The Kier molecular flexibility index (Phi) is 6.57. The minimum Gasteiger partial charge on any atom is -0.465 e. The van der Waals surface area contributed by atoms with Gasteiger partial charge in [0.25, 0.3) is 0 Å². The largest absolute Gasteiger partial charge is 0.465 e. The van der Waals surface area contributed by atoms with E-state index in [1.807, 2.05) is 0 Å². The summed E-state index contributed by atoms with van der Waals surface area (Å²) in [6, 6.07) is 13.4. The van der Waals surface area contributed by atoms with E-state index in [1.54, 1.807) is 0 Å². The Balaban J connectivity index is 1.50. The van der Waals surface area contributed by atoms with Crippen LogP contribution in [0, 0.1) is 5.92 Å². The molecule has 2 saturated carbocycles. The van der Waals surface area contributed by atoms with Crippen molar-refractivity contribution in [2.24, 2.45) is 5.92 Å². The van der Waals surface area contributed by atoms with E-state index in [0.29, 0.717) is 17.9 Å². The van der Waals surface area contributed by atoms with Crippen molar-refractivity contribution in [3.63, 3.8) is 0 Å². The Hall–Kier alpha value is -1.54. The van der Waals surface area contributed by atoms with Gasteiger partial charge in [0.15, 0.2) is 0 Å². The first-order valence-corrected chi connectivity index (χ1v) is 11.6. The van der Waals surface area contributed by atoms with Crippen molar-refractivity contribution in [2.45, 2.75) is 96.4 Å². The molecular weight excluding hydrogens is 344 g/mol. The molecule has 0 N–H and O–H groups in total. The third-order valence-corrected chi connectivity index (χ3v) is 6.93. The first-order valence-electron chi connectivity index (χ1n) is 11.6. The highest BCUT2D eigenvalue weighted by atomic mass is 16.7. The maximum atomic E-state index is 6.53. The number of hydrogen-bond acceptors (Lipinski definition) is 2. The third kappa shape index (κ3) is 4.71. The van der Waals surface area contributed by atoms with E-state index in [9.17, 15) is 0 Å². The van der Waals surface area contributed by atoms with Crippen molar-refractivity contribution in [3.05, 3.63) is 42.0 Å². The number of hydrogen-bond donors (Lipinski definition) is 0. The summed E-state index contributed by atoms with van der Waals surface area (Å²) in [5.41, 5.74) is 1.42. The fraction of sp³-hybridized carbons (Fsp3) is 0.615. The van der Waals surface area contributed by atoms with Crippen LogP contribution in [-0.2, 0) is 4.74 Å². The van der Waals surface area contributed by atoms with Crippen LogP contribution in [0.5, 0.6) is 5.75 Å². The molecule has 0 saturated heterocycles. The molecule has 4 rings (SSSR count). The summed E-state index contributed by atoms with van der Waals surface area (Å²) in [6.07, 6.45) is 12.9. The molecule has 2 unspecified atom stereocenters. The van der Waals surface area contributed by atoms with E-state index in [2.05, 4.69) is 50.2 Å². The zero-order valence-corrected chi connectivity index (χ0v) is 17.7. The summed E-state index contributed by atoms with van der Waals surface area (Å²) in [4.78, 5) is 0. The average Bonchev–Trinajstić information content (AvgIpc) is 3.28. The maximum absolute atomic E-state index is 6.53. The lowest BCUT2D eigenvalue weighted by molar-refractivity contribution is -0.155. The number of benzene rings is 2. The molecule has 2 atom stereocenters. The molecule has 2 heteroatoms. The molecule has 0 bridgehead atoms. The minimum atomic E-state index is -0.0811. The quantitative estimate of drug-likeness (QED) is 0.460. The van der Waals surface area contributed by atoms with Crippen LogP contribution in [-0.4, -0.2) is 12.4 Å². The van der Waals surface area contributed by atoms with Gasteiger partial charge in [-0.05, 0) is 66.5 Å². The zero-order valence-electron chi connectivity index (χ0n) is 17.7. The fourth-order valence-electron chi connectivity index (χ4n) is 4.85. The summed E-state index contributed by atoms with van der Waals surface area (Å²) >= 11 is 0. The van der Waals surface area contributed by atoms with Gasteiger partial charge in [0.05, 0.1) is 6.10 Å². The molecule has 2 aromatic rings. The smallest absolute Gasteiger partial charge is 0.202 e. The Morgan fingerprint density at radius 1 is 0.857 bits per heavy atom. The normalized spacial score (nSPS) is 21.1. The van der Waals surface area contributed by atoms with Gasteiger partial charge in [0.2, 0.25) is 6.29 Å². The lowest BCUT2D eigenvalue weighted by atomic mass is 9.96. The Morgan fingerprint density at radius 2 is 1.54 bits per heavy atom. The maximum Gasteiger partial charge on any atom is 0.202 e. The van der Waals surface area contributed by atoms with Gasteiger partial charge < -0.3 is 9.47 Å². The predicted molar refractivity (Wildman–Crippen MR) is 117 cm³/mol. The van der Waals surface area contributed by atoms with Crippen molar-refractivity contribution in [1.82, 2.24) is 0 Å². The van der Waals surface area contributed by atoms with Crippen LogP contribution in [0.15, 0.2) is 36.4 Å². The van der Waals surface area contributed by atoms with Crippen LogP contribution in [0.2, 0.25) is 0 Å². The van der Waals surface area contributed by atoms with E-state index in [1.165, 1.54) is 80.5 Å². The van der Waals surface area contributed by atoms with Crippen LogP contribution in [0.25, 0.3) is 10.8 Å². The topological polar surface area (TPSA) is 18.5 Å². The van der Waals surface area contributed by atoms with Gasteiger partial charge in [-0.3, -0.25) is 0 Å². The van der Waals surface area contributed by atoms with Gasteiger partial charge in [0, 0.05) is 5.92 Å². The Bertz CT molecular complexity index is 756. The van der Waals surface area contributed by atoms with Gasteiger partial charge >= 0.3 is 0 Å². The van der Waals surface area contributed by atoms with E-state index in [4.69, 9.17) is 9.47 Å². The zero-order chi connectivity index (χ0) is 19.3. The second kappa shape index (κ2) is 9.31. The van der Waals surface area contributed by atoms with Crippen LogP contribution in [0.1, 0.15) is 89.5 Å². The molecule has 2 aliphatic carbocycles. The first kappa shape index (κ1) is 19.8. The van der Waals surface area contributed by atoms with Gasteiger partial charge in [-0.1, -0.05) is 70.2 Å². The van der Waals surface area contributed by atoms with Gasteiger partial charge in [-0.15, -0.1) is 0 Å². The van der Waals surface area contributed by atoms with E-state index < -0.39 is 0 Å². The second-order valence-corrected chi connectivity index (χ2v) is 9.00. The molecule has 2 nitrogen and oxygen atoms in total. The predicted octanol–water partition coefficient (Wildman–Crippen LogP) is 7.60. The van der Waals surface area contributed by atoms with Crippen molar-refractivity contribution in [1.29, 1.82) is 0 Å². The molecule has 0 heterocycles. The fourth-order valence-corrected chi connectivity index (χ4v) is 4.85. The van der Waals surface area contributed by atoms with Gasteiger partial charge in [-0.25, -0.2) is 0 Å². The highest BCUT2D eigenvalue weighted by Gasteiger charge is 2.30.